The number of fused-ring (bicyclic) bond motifs is 1. The summed E-state index contributed by atoms with van der Waals surface area (Å²) in [5, 5.41) is 8.88. The molecule has 0 radical (unpaired) electrons. The van der Waals surface area contributed by atoms with Gasteiger partial charge in [0.05, 0.1) is 12.5 Å². The van der Waals surface area contributed by atoms with E-state index in [1.807, 2.05) is 6.07 Å². The Kier molecular flexibility index (Phi) is 4.21. The lowest BCUT2D eigenvalue weighted by Gasteiger charge is -2.24. The highest BCUT2D eigenvalue weighted by Crippen LogP contribution is 2.24. The second-order valence-corrected chi connectivity index (χ2v) is 5.62. The first-order valence-electron chi connectivity index (χ1n) is 7.64. The molecule has 0 atom stereocenters. The Morgan fingerprint density at radius 3 is 2.62 bits per heavy atom. The van der Waals surface area contributed by atoms with Crippen molar-refractivity contribution in [2.75, 3.05) is 11.4 Å². The molecule has 2 aromatic carbocycles. The van der Waals surface area contributed by atoms with E-state index in [0.29, 0.717) is 6.42 Å². The number of aryl methyl sites for hydroxylation is 2. The zero-order chi connectivity index (χ0) is 14.5. The third-order valence-electron chi connectivity index (χ3n) is 4.15. The molecule has 0 aliphatic heterocycles. The molecule has 0 aromatic heterocycles. The summed E-state index contributed by atoms with van der Waals surface area (Å²) < 4.78 is 0. The van der Waals surface area contributed by atoms with Gasteiger partial charge in [0.25, 0.3) is 0 Å². The molecule has 0 spiro atoms. The van der Waals surface area contributed by atoms with E-state index in [-0.39, 0.29) is 0 Å². The van der Waals surface area contributed by atoms with E-state index in [0.717, 1.165) is 13.1 Å². The Balaban J connectivity index is 1.79. The average Bonchev–Trinajstić information content (AvgIpc) is 3.00. The van der Waals surface area contributed by atoms with Crippen LogP contribution in [0.15, 0.2) is 48.5 Å². The summed E-state index contributed by atoms with van der Waals surface area (Å²) in [4.78, 5) is 2.29. The molecule has 0 saturated carbocycles. The summed E-state index contributed by atoms with van der Waals surface area (Å²) in [5.41, 5.74) is 5.56. The monoisotopic (exact) mass is 276 g/mol. The number of nitrogens with zero attached hydrogens (tertiary/aromatic N) is 2. The van der Waals surface area contributed by atoms with Crippen molar-refractivity contribution in [1.29, 1.82) is 5.26 Å². The van der Waals surface area contributed by atoms with Crippen LogP contribution in [0.1, 0.15) is 29.5 Å². The van der Waals surface area contributed by atoms with Gasteiger partial charge in [-0.2, -0.15) is 5.26 Å². The SMILES string of the molecule is N#CCCN(Cc1ccc2c(c1)CCC2)c1ccccc1. The lowest BCUT2D eigenvalue weighted by Crippen LogP contribution is -2.23. The maximum absolute atomic E-state index is 8.88. The predicted octanol–water partition coefficient (Wildman–Crippen LogP) is 4.10. The molecule has 0 saturated heterocycles. The van der Waals surface area contributed by atoms with Gasteiger partial charge in [0.2, 0.25) is 0 Å². The molecule has 0 amide bonds. The van der Waals surface area contributed by atoms with Crippen LogP contribution in [-0.4, -0.2) is 6.54 Å². The molecule has 0 unspecified atom stereocenters. The highest BCUT2D eigenvalue weighted by atomic mass is 15.1. The van der Waals surface area contributed by atoms with Crippen LogP contribution in [0, 0.1) is 11.3 Å². The van der Waals surface area contributed by atoms with Crippen LogP contribution < -0.4 is 4.90 Å². The maximum atomic E-state index is 8.88. The molecule has 0 heterocycles. The van der Waals surface area contributed by atoms with Crippen LogP contribution in [-0.2, 0) is 19.4 Å². The molecule has 21 heavy (non-hydrogen) atoms. The van der Waals surface area contributed by atoms with E-state index in [9.17, 15) is 0 Å². The van der Waals surface area contributed by atoms with Crippen molar-refractivity contribution in [2.45, 2.75) is 32.2 Å². The van der Waals surface area contributed by atoms with Gasteiger partial charge in [0, 0.05) is 18.8 Å². The van der Waals surface area contributed by atoms with Gasteiger partial charge in [-0.15, -0.1) is 0 Å². The van der Waals surface area contributed by atoms with Gasteiger partial charge >= 0.3 is 0 Å². The van der Waals surface area contributed by atoms with Crippen molar-refractivity contribution in [3.05, 3.63) is 65.2 Å². The van der Waals surface area contributed by atoms with E-state index in [1.165, 1.54) is 41.6 Å². The molecule has 0 fully saturated rings. The zero-order valence-corrected chi connectivity index (χ0v) is 12.3. The molecule has 0 N–H and O–H groups in total. The molecule has 2 nitrogen and oxygen atoms in total. The topological polar surface area (TPSA) is 27.0 Å². The fourth-order valence-corrected chi connectivity index (χ4v) is 3.07. The normalized spacial score (nSPS) is 12.7. The van der Waals surface area contributed by atoms with Crippen LogP contribution in [0.2, 0.25) is 0 Å². The van der Waals surface area contributed by atoms with Crippen LogP contribution >= 0.6 is 0 Å². The Hall–Kier alpha value is -2.27. The number of hydrogen-bond acceptors (Lipinski definition) is 2. The second kappa shape index (κ2) is 6.45. The lowest BCUT2D eigenvalue weighted by molar-refractivity contribution is 0.797. The minimum atomic E-state index is 0.555. The quantitative estimate of drug-likeness (QED) is 0.822. The molecule has 2 aromatic rings. The lowest BCUT2D eigenvalue weighted by atomic mass is 10.1. The van der Waals surface area contributed by atoms with Gasteiger partial charge < -0.3 is 4.90 Å². The standard InChI is InChI=1S/C19H20N2/c20-12-5-13-21(19-8-2-1-3-9-19)15-16-10-11-17-6-4-7-18(17)14-16/h1-3,8-11,14H,4-7,13,15H2. The number of anilines is 1. The van der Waals surface area contributed by atoms with Crippen LogP contribution in [0.4, 0.5) is 5.69 Å². The van der Waals surface area contributed by atoms with Gasteiger partial charge in [0.1, 0.15) is 0 Å². The van der Waals surface area contributed by atoms with E-state index in [1.54, 1.807) is 0 Å². The van der Waals surface area contributed by atoms with Gasteiger partial charge in [-0.3, -0.25) is 0 Å². The number of rotatable bonds is 5. The van der Waals surface area contributed by atoms with Crippen molar-refractivity contribution >= 4 is 5.69 Å². The number of benzene rings is 2. The van der Waals surface area contributed by atoms with Gasteiger partial charge in [-0.25, -0.2) is 0 Å². The van der Waals surface area contributed by atoms with Crippen molar-refractivity contribution < 1.29 is 0 Å². The Morgan fingerprint density at radius 1 is 1.00 bits per heavy atom. The first kappa shape index (κ1) is 13.7. The second-order valence-electron chi connectivity index (χ2n) is 5.62. The Bertz CT molecular complexity index is 640. The fourth-order valence-electron chi connectivity index (χ4n) is 3.07. The number of para-hydroxylation sites is 1. The summed E-state index contributed by atoms with van der Waals surface area (Å²) in [6.07, 6.45) is 4.29. The first-order chi connectivity index (χ1) is 10.4. The summed E-state index contributed by atoms with van der Waals surface area (Å²) >= 11 is 0. The van der Waals surface area contributed by atoms with Crippen molar-refractivity contribution in [3.8, 4) is 6.07 Å². The third-order valence-corrected chi connectivity index (χ3v) is 4.15. The molecular weight excluding hydrogens is 256 g/mol. The number of hydrogen-bond donors (Lipinski definition) is 0. The first-order valence-corrected chi connectivity index (χ1v) is 7.64. The highest BCUT2D eigenvalue weighted by molar-refractivity contribution is 5.47. The molecule has 0 bridgehead atoms. The minimum absolute atomic E-state index is 0.555. The van der Waals surface area contributed by atoms with E-state index >= 15 is 0 Å². The summed E-state index contributed by atoms with van der Waals surface area (Å²) in [7, 11) is 0. The molecule has 1 aliphatic carbocycles. The Labute approximate surface area is 126 Å². The highest BCUT2D eigenvalue weighted by Gasteiger charge is 2.12. The minimum Gasteiger partial charge on any atom is -0.366 e. The largest absolute Gasteiger partial charge is 0.366 e. The van der Waals surface area contributed by atoms with Crippen molar-refractivity contribution in [2.24, 2.45) is 0 Å². The van der Waals surface area contributed by atoms with Crippen molar-refractivity contribution in [1.82, 2.24) is 0 Å². The zero-order valence-electron chi connectivity index (χ0n) is 12.3. The van der Waals surface area contributed by atoms with E-state index < -0.39 is 0 Å². The van der Waals surface area contributed by atoms with E-state index in [2.05, 4.69) is 53.4 Å². The summed E-state index contributed by atoms with van der Waals surface area (Å²) in [6.45, 7) is 1.65. The molecule has 3 rings (SSSR count). The smallest absolute Gasteiger partial charge is 0.0640 e. The summed E-state index contributed by atoms with van der Waals surface area (Å²) in [6, 6.07) is 19.5. The van der Waals surface area contributed by atoms with Gasteiger partial charge in [-0.05, 0) is 48.1 Å². The average molecular weight is 276 g/mol. The van der Waals surface area contributed by atoms with Crippen LogP contribution in [0.3, 0.4) is 0 Å². The molecule has 106 valence electrons. The van der Waals surface area contributed by atoms with Crippen LogP contribution in [0.25, 0.3) is 0 Å². The molecule has 1 aliphatic rings. The molecular formula is C19H20N2. The maximum Gasteiger partial charge on any atom is 0.0640 e. The fraction of sp³-hybridized carbons (Fsp3) is 0.316. The van der Waals surface area contributed by atoms with E-state index in [4.69, 9.17) is 5.26 Å². The van der Waals surface area contributed by atoms with Crippen molar-refractivity contribution in [3.63, 3.8) is 0 Å². The van der Waals surface area contributed by atoms with Gasteiger partial charge in [-0.1, -0.05) is 36.4 Å². The van der Waals surface area contributed by atoms with Crippen LogP contribution in [0.5, 0.6) is 0 Å². The van der Waals surface area contributed by atoms with Gasteiger partial charge in [0.15, 0.2) is 0 Å². The third kappa shape index (κ3) is 3.25. The predicted molar refractivity (Wildman–Crippen MR) is 86.2 cm³/mol. The molecule has 2 heteroatoms. The summed E-state index contributed by atoms with van der Waals surface area (Å²) in [5.74, 6) is 0. The number of nitriles is 1. The Morgan fingerprint density at radius 2 is 1.81 bits per heavy atom.